The second-order valence-electron chi connectivity index (χ2n) is 7.29. The number of benzene rings is 2. The number of alkyl halides is 6. The van der Waals surface area contributed by atoms with Crippen LogP contribution in [0.25, 0.3) is 0 Å². The number of methoxy groups -OCH3 is 1. The third-order valence-electron chi connectivity index (χ3n) is 4.74. The van der Waals surface area contributed by atoms with Crippen LogP contribution in [-0.4, -0.2) is 32.3 Å². The SMILES string of the molecule is [2H]C([2H])([2H])Oc1cc(OC(F)(F)F)ccc1Oc1ccc(C(F)(F)F)c(F)c1C(=O)Nc1cc[n+](OC)c(C(N)=O)c1. The second kappa shape index (κ2) is 10.9. The summed E-state index contributed by atoms with van der Waals surface area (Å²) in [4.78, 5) is 29.6. The first-order valence-corrected chi connectivity index (χ1v) is 10.2. The molecule has 0 spiro atoms. The number of amides is 2. The van der Waals surface area contributed by atoms with Crippen LogP contribution in [0.15, 0.2) is 48.7 Å². The standard InChI is InChI=1S/C23H16F7N3O6/c1-36-17-10-12(39-23(28,29)30)3-5-15(17)38-16-6-4-13(22(25,26)27)19(24)18(16)21(35)32-11-7-8-33(37-2)14(9-11)20(31)34/h3-10H,1-2H3,(H2,31,34)/p+1/i1D3. The number of anilines is 1. The molecule has 0 atom stereocenters. The van der Waals surface area contributed by atoms with Crippen molar-refractivity contribution < 1.29 is 68.2 Å². The number of nitrogens with two attached hydrogens (primary N) is 1. The highest BCUT2D eigenvalue weighted by molar-refractivity contribution is 6.07. The quantitative estimate of drug-likeness (QED) is 0.311. The number of primary amides is 1. The minimum atomic E-state index is -5.29. The van der Waals surface area contributed by atoms with Gasteiger partial charge in [0.25, 0.3) is 5.91 Å². The van der Waals surface area contributed by atoms with Crippen LogP contribution in [0.2, 0.25) is 0 Å². The number of rotatable bonds is 8. The van der Waals surface area contributed by atoms with Gasteiger partial charge >= 0.3 is 24.1 Å². The Kier molecular flexibility index (Phi) is 6.88. The largest absolute Gasteiger partial charge is 0.573 e. The normalized spacial score (nSPS) is 13.0. The zero-order chi connectivity index (χ0) is 31.6. The molecule has 0 saturated carbocycles. The van der Waals surface area contributed by atoms with E-state index in [1.165, 1.54) is 0 Å². The van der Waals surface area contributed by atoms with E-state index >= 15 is 4.39 Å². The Morgan fingerprint density at radius 2 is 1.69 bits per heavy atom. The van der Waals surface area contributed by atoms with Gasteiger partial charge in [-0.15, -0.1) is 13.2 Å². The van der Waals surface area contributed by atoms with Gasteiger partial charge in [-0.3, -0.25) is 14.4 Å². The predicted octanol–water partition coefficient (Wildman–Crippen LogP) is 4.24. The number of hydrogen-bond donors (Lipinski definition) is 2. The fourth-order valence-electron chi connectivity index (χ4n) is 3.14. The lowest BCUT2D eigenvalue weighted by molar-refractivity contribution is -0.886. The molecule has 3 N–H and O–H groups in total. The first-order valence-electron chi connectivity index (χ1n) is 11.7. The van der Waals surface area contributed by atoms with Crippen molar-refractivity contribution in [3.05, 3.63) is 71.3 Å². The Balaban J connectivity index is 2.12. The zero-order valence-electron chi connectivity index (χ0n) is 22.2. The molecule has 0 bridgehead atoms. The second-order valence-corrected chi connectivity index (χ2v) is 7.29. The summed E-state index contributed by atoms with van der Waals surface area (Å²) < 4.78 is 130. The topological polar surface area (TPSA) is 113 Å². The van der Waals surface area contributed by atoms with Crippen molar-refractivity contribution in [2.45, 2.75) is 12.5 Å². The highest BCUT2D eigenvalue weighted by atomic mass is 19.4. The summed E-state index contributed by atoms with van der Waals surface area (Å²) in [6.07, 6.45) is -9.39. The number of halogens is 7. The lowest BCUT2D eigenvalue weighted by Crippen LogP contribution is -2.47. The van der Waals surface area contributed by atoms with Crippen LogP contribution < -0.4 is 34.8 Å². The molecule has 3 rings (SSSR count). The fraction of sp³-hybridized carbons (Fsp3) is 0.174. The lowest BCUT2D eigenvalue weighted by atomic mass is 10.1. The van der Waals surface area contributed by atoms with Gasteiger partial charge in [0.15, 0.2) is 17.3 Å². The molecule has 0 unspecified atom stereocenters. The number of hydrogen-bond acceptors (Lipinski definition) is 6. The summed E-state index contributed by atoms with van der Waals surface area (Å²) in [6, 6.07) is 4.55. The molecule has 1 aromatic heterocycles. The van der Waals surface area contributed by atoms with E-state index in [2.05, 4.69) is 14.8 Å². The molecule has 0 aliphatic carbocycles. The van der Waals surface area contributed by atoms with Gasteiger partial charge in [0, 0.05) is 22.9 Å². The van der Waals surface area contributed by atoms with Crippen LogP contribution >= 0.6 is 0 Å². The van der Waals surface area contributed by atoms with Gasteiger partial charge in [0.05, 0.1) is 22.4 Å². The molecule has 39 heavy (non-hydrogen) atoms. The van der Waals surface area contributed by atoms with Gasteiger partial charge in [-0.25, -0.2) is 4.39 Å². The van der Waals surface area contributed by atoms with E-state index in [0.29, 0.717) is 24.3 Å². The van der Waals surface area contributed by atoms with Gasteiger partial charge < -0.3 is 25.3 Å². The molecule has 9 nitrogen and oxygen atoms in total. The third kappa shape index (κ3) is 6.77. The molecule has 2 amide bonds. The minimum Gasteiger partial charge on any atom is -0.493 e. The van der Waals surface area contributed by atoms with E-state index < -0.39 is 71.3 Å². The van der Waals surface area contributed by atoms with E-state index in [1.807, 2.05) is 0 Å². The summed E-state index contributed by atoms with van der Waals surface area (Å²) in [5.41, 5.74) is 1.39. The van der Waals surface area contributed by atoms with E-state index in [-0.39, 0.29) is 17.4 Å². The molecular weight excluding hydrogens is 547 g/mol. The lowest BCUT2D eigenvalue weighted by Gasteiger charge is -2.18. The number of nitrogens with one attached hydrogen (secondary N) is 1. The maximum atomic E-state index is 15.2. The zero-order valence-corrected chi connectivity index (χ0v) is 19.2. The van der Waals surface area contributed by atoms with Crippen LogP contribution in [-0.2, 0) is 6.18 Å². The van der Waals surface area contributed by atoms with Crippen LogP contribution in [0.3, 0.4) is 0 Å². The molecule has 0 aliphatic heterocycles. The molecule has 0 saturated heterocycles. The average Bonchev–Trinajstić information content (AvgIpc) is 2.82. The Morgan fingerprint density at radius 3 is 2.28 bits per heavy atom. The van der Waals surface area contributed by atoms with Crippen molar-refractivity contribution in [1.29, 1.82) is 0 Å². The molecule has 208 valence electrons. The van der Waals surface area contributed by atoms with Crippen LogP contribution in [0, 0.1) is 5.82 Å². The molecule has 3 aromatic rings. The number of carbonyl (C=O) groups is 2. The van der Waals surface area contributed by atoms with Crippen LogP contribution in [0.5, 0.6) is 23.0 Å². The molecule has 1 heterocycles. The number of aromatic nitrogens is 1. The van der Waals surface area contributed by atoms with E-state index in [1.54, 1.807) is 0 Å². The Hall–Kier alpha value is -4.76. The molecule has 0 radical (unpaired) electrons. The predicted molar refractivity (Wildman–Crippen MR) is 117 cm³/mol. The molecule has 2 aromatic carbocycles. The highest BCUT2D eigenvalue weighted by Gasteiger charge is 2.38. The fourth-order valence-corrected chi connectivity index (χ4v) is 3.14. The summed E-state index contributed by atoms with van der Waals surface area (Å²) >= 11 is 0. The molecule has 16 heteroatoms. The Labute approximate surface area is 218 Å². The van der Waals surface area contributed by atoms with E-state index in [0.717, 1.165) is 30.2 Å². The monoisotopic (exact) mass is 567 g/mol. The Morgan fingerprint density at radius 1 is 1.00 bits per heavy atom. The van der Waals surface area contributed by atoms with E-state index in [4.69, 9.17) is 19.4 Å². The van der Waals surface area contributed by atoms with Crippen molar-refractivity contribution in [1.82, 2.24) is 0 Å². The molecular formula is C23H17F7N3O6+. The van der Waals surface area contributed by atoms with E-state index in [9.17, 15) is 35.9 Å². The van der Waals surface area contributed by atoms with Gasteiger partial charge in [-0.05, 0) is 24.3 Å². The third-order valence-corrected chi connectivity index (χ3v) is 4.74. The maximum absolute atomic E-state index is 15.2. The number of nitrogens with zero attached hydrogens (tertiary/aromatic N) is 1. The molecule has 0 aliphatic rings. The summed E-state index contributed by atoms with van der Waals surface area (Å²) in [5, 5.41) is 2.07. The number of carbonyl (C=O) groups excluding carboxylic acids is 2. The highest BCUT2D eigenvalue weighted by Crippen LogP contribution is 2.40. The van der Waals surface area contributed by atoms with Crippen molar-refractivity contribution in [2.75, 3.05) is 19.5 Å². The van der Waals surface area contributed by atoms with Crippen LogP contribution in [0.1, 0.15) is 30.5 Å². The van der Waals surface area contributed by atoms with Crippen molar-refractivity contribution in [3.8, 4) is 23.0 Å². The molecule has 0 fully saturated rings. The summed E-state index contributed by atoms with van der Waals surface area (Å²) in [5.74, 6) is -8.28. The van der Waals surface area contributed by atoms with Crippen molar-refractivity contribution in [2.24, 2.45) is 5.73 Å². The van der Waals surface area contributed by atoms with Crippen molar-refractivity contribution in [3.63, 3.8) is 0 Å². The summed E-state index contributed by atoms with van der Waals surface area (Å²) in [6.45, 7) is 0. The van der Waals surface area contributed by atoms with Gasteiger partial charge in [-0.2, -0.15) is 13.2 Å². The van der Waals surface area contributed by atoms with Crippen molar-refractivity contribution >= 4 is 17.5 Å². The first-order chi connectivity index (χ1) is 19.3. The average molecular weight is 567 g/mol. The maximum Gasteiger partial charge on any atom is 0.573 e. The van der Waals surface area contributed by atoms with Gasteiger partial charge in [-0.1, -0.05) is 0 Å². The summed E-state index contributed by atoms with van der Waals surface area (Å²) in [7, 11) is -2.11. The van der Waals surface area contributed by atoms with Gasteiger partial charge in [0.2, 0.25) is 6.20 Å². The first kappa shape index (κ1) is 24.6. The van der Waals surface area contributed by atoms with Gasteiger partial charge in [0.1, 0.15) is 24.2 Å². The minimum absolute atomic E-state index is 0.210. The van der Waals surface area contributed by atoms with Crippen LogP contribution in [0.4, 0.5) is 36.4 Å². The smallest absolute Gasteiger partial charge is 0.493 e. The number of ether oxygens (including phenoxy) is 3. The Bertz CT molecular complexity index is 1510. The number of pyridine rings is 1.